The summed E-state index contributed by atoms with van der Waals surface area (Å²) in [6.07, 6.45) is 1.67. The quantitative estimate of drug-likeness (QED) is 0.304. The Bertz CT molecular complexity index is 1560. The highest BCUT2D eigenvalue weighted by Gasteiger charge is 2.57. The zero-order chi connectivity index (χ0) is 26.1. The van der Waals surface area contributed by atoms with Crippen LogP contribution in [0.2, 0.25) is 0 Å². The van der Waals surface area contributed by atoms with E-state index in [1.54, 1.807) is 0 Å². The van der Waals surface area contributed by atoms with Gasteiger partial charge in [-0.3, -0.25) is 0 Å². The van der Waals surface area contributed by atoms with Gasteiger partial charge in [-0.05, 0) is 58.4 Å². The molecule has 0 spiro atoms. The molecule has 0 aromatic heterocycles. The zero-order valence-corrected chi connectivity index (χ0v) is 22.2. The standard InChI is InChI=1S/C35H30N2O2/c1-21-11-3-9-17-27(21)35(28-18-10-4-12-22(28)2,33-36-31-25-15-7-5-13-23(25)19-29(31)38-33)34-37-32-26-16-8-6-14-24(26)20-30(32)39-34/h3-18,29-32H,19-20H2,1-2H3/t29-,30-,31+,32+/m0/s1. The fraction of sp³-hybridized carbons (Fsp3) is 0.257. The molecule has 0 saturated carbocycles. The molecule has 39 heavy (non-hydrogen) atoms. The first-order chi connectivity index (χ1) is 19.1. The normalized spacial score (nSPS) is 24.2. The highest BCUT2D eigenvalue weighted by Crippen LogP contribution is 2.51. The Balaban J connectivity index is 1.39. The van der Waals surface area contributed by atoms with Gasteiger partial charge in [0.25, 0.3) is 0 Å². The Morgan fingerprint density at radius 3 is 1.44 bits per heavy atom. The molecular weight excluding hydrogens is 480 g/mol. The summed E-state index contributed by atoms with van der Waals surface area (Å²) in [5.74, 6) is 1.39. The van der Waals surface area contributed by atoms with E-state index >= 15 is 0 Å². The molecule has 8 rings (SSSR count). The highest BCUT2D eigenvalue weighted by molar-refractivity contribution is 6.16. The molecule has 4 aromatic carbocycles. The molecule has 2 aliphatic carbocycles. The second kappa shape index (κ2) is 8.41. The van der Waals surface area contributed by atoms with E-state index in [1.807, 2.05) is 0 Å². The predicted molar refractivity (Wildman–Crippen MR) is 154 cm³/mol. The smallest absolute Gasteiger partial charge is 0.209 e. The van der Waals surface area contributed by atoms with Crippen LogP contribution < -0.4 is 0 Å². The van der Waals surface area contributed by atoms with Crippen LogP contribution in [-0.2, 0) is 27.7 Å². The molecule has 2 aliphatic heterocycles. The molecule has 4 aromatic rings. The molecule has 4 atom stereocenters. The maximum Gasteiger partial charge on any atom is 0.209 e. The van der Waals surface area contributed by atoms with Crippen molar-refractivity contribution in [3.05, 3.63) is 142 Å². The minimum Gasteiger partial charge on any atom is -0.473 e. The number of hydrogen-bond acceptors (Lipinski definition) is 4. The summed E-state index contributed by atoms with van der Waals surface area (Å²) in [5.41, 5.74) is 8.84. The maximum absolute atomic E-state index is 6.95. The van der Waals surface area contributed by atoms with Crippen molar-refractivity contribution in [2.24, 2.45) is 9.98 Å². The van der Waals surface area contributed by atoms with Gasteiger partial charge in [0.2, 0.25) is 11.8 Å². The number of ether oxygens (including phenoxy) is 2. The van der Waals surface area contributed by atoms with Crippen LogP contribution in [0.3, 0.4) is 0 Å². The fourth-order valence-corrected chi connectivity index (χ4v) is 7.25. The fourth-order valence-electron chi connectivity index (χ4n) is 7.25. The van der Waals surface area contributed by atoms with Gasteiger partial charge in [-0.1, -0.05) is 97.1 Å². The Morgan fingerprint density at radius 1 is 0.564 bits per heavy atom. The number of benzene rings is 4. The van der Waals surface area contributed by atoms with Gasteiger partial charge in [0.15, 0.2) is 5.41 Å². The summed E-state index contributed by atoms with van der Waals surface area (Å²) >= 11 is 0. The second-order valence-electron chi connectivity index (χ2n) is 11.3. The molecular formula is C35H30N2O2. The second-order valence-corrected chi connectivity index (χ2v) is 11.3. The van der Waals surface area contributed by atoms with Crippen LogP contribution in [0.1, 0.15) is 56.6 Å². The van der Waals surface area contributed by atoms with Crippen LogP contribution in [0.4, 0.5) is 0 Å². The van der Waals surface area contributed by atoms with E-state index in [9.17, 15) is 0 Å². The van der Waals surface area contributed by atoms with E-state index in [-0.39, 0.29) is 24.3 Å². The SMILES string of the molecule is Cc1ccccc1C(C1=N[C@@H]2c3ccccc3C[C@@H]2O1)(C1=N[C@@H]2c3ccccc3C[C@@H]2O1)c1ccccc1C. The van der Waals surface area contributed by atoms with E-state index in [1.165, 1.54) is 22.3 Å². The molecule has 0 saturated heterocycles. The third-order valence-electron chi connectivity index (χ3n) is 9.07. The first-order valence-electron chi connectivity index (χ1n) is 13.9. The maximum atomic E-state index is 6.95. The summed E-state index contributed by atoms with van der Waals surface area (Å²) in [7, 11) is 0. The van der Waals surface area contributed by atoms with E-state index in [0.717, 1.165) is 35.1 Å². The summed E-state index contributed by atoms with van der Waals surface area (Å²) in [6.45, 7) is 4.33. The number of fused-ring (bicyclic) bond motifs is 6. The van der Waals surface area contributed by atoms with Crippen molar-refractivity contribution in [2.45, 2.75) is 56.4 Å². The summed E-state index contributed by atoms with van der Waals surface area (Å²) < 4.78 is 13.9. The van der Waals surface area contributed by atoms with Gasteiger partial charge in [-0.15, -0.1) is 0 Å². The van der Waals surface area contributed by atoms with E-state index in [2.05, 4.69) is 111 Å². The van der Waals surface area contributed by atoms with Crippen LogP contribution in [0.25, 0.3) is 0 Å². The molecule has 4 nitrogen and oxygen atoms in total. The van der Waals surface area contributed by atoms with E-state index < -0.39 is 5.41 Å². The van der Waals surface area contributed by atoms with Crippen molar-refractivity contribution >= 4 is 11.8 Å². The monoisotopic (exact) mass is 510 g/mol. The average molecular weight is 511 g/mol. The molecule has 2 heterocycles. The zero-order valence-electron chi connectivity index (χ0n) is 22.2. The molecule has 4 aliphatic rings. The third kappa shape index (κ3) is 3.18. The summed E-state index contributed by atoms with van der Waals surface area (Å²) in [5, 5.41) is 0. The first-order valence-corrected chi connectivity index (χ1v) is 13.9. The third-order valence-corrected chi connectivity index (χ3v) is 9.07. The van der Waals surface area contributed by atoms with Crippen molar-refractivity contribution < 1.29 is 9.47 Å². The number of hydrogen-bond donors (Lipinski definition) is 0. The van der Waals surface area contributed by atoms with Crippen molar-refractivity contribution in [1.29, 1.82) is 0 Å². The highest BCUT2D eigenvalue weighted by atomic mass is 16.5. The van der Waals surface area contributed by atoms with Crippen LogP contribution in [0, 0.1) is 13.8 Å². The average Bonchev–Trinajstić information content (AvgIpc) is 3.71. The lowest BCUT2D eigenvalue weighted by molar-refractivity contribution is 0.180. The molecule has 0 bridgehead atoms. The van der Waals surface area contributed by atoms with Gasteiger partial charge in [-0.2, -0.15) is 0 Å². The van der Waals surface area contributed by atoms with Gasteiger partial charge in [-0.25, -0.2) is 9.98 Å². The lowest BCUT2D eigenvalue weighted by atomic mass is 9.70. The number of aliphatic imine (C=N–C) groups is 2. The Hall–Kier alpha value is -4.18. The van der Waals surface area contributed by atoms with Gasteiger partial charge in [0.05, 0.1) is 0 Å². The number of aryl methyl sites for hydroxylation is 2. The minimum atomic E-state index is -0.880. The van der Waals surface area contributed by atoms with Crippen molar-refractivity contribution in [3.8, 4) is 0 Å². The molecule has 0 N–H and O–H groups in total. The molecule has 0 fully saturated rings. The van der Waals surface area contributed by atoms with E-state index in [4.69, 9.17) is 19.5 Å². The molecule has 4 heteroatoms. The molecule has 0 amide bonds. The topological polar surface area (TPSA) is 43.2 Å². The summed E-state index contributed by atoms with van der Waals surface area (Å²) in [4.78, 5) is 10.8. The van der Waals surface area contributed by atoms with Crippen LogP contribution >= 0.6 is 0 Å². The minimum absolute atomic E-state index is 0.0213. The summed E-state index contributed by atoms with van der Waals surface area (Å²) in [6, 6.07) is 34.3. The Kier molecular flexibility index (Phi) is 4.91. The van der Waals surface area contributed by atoms with Gasteiger partial charge in [0.1, 0.15) is 24.3 Å². The van der Waals surface area contributed by atoms with Crippen molar-refractivity contribution in [1.82, 2.24) is 0 Å². The lowest BCUT2D eigenvalue weighted by Gasteiger charge is -2.36. The number of rotatable bonds is 4. The Labute approximate surface area is 229 Å². The Morgan fingerprint density at radius 2 is 0.974 bits per heavy atom. The lowest BCUT2D eigenvalue weighted by Crippen LogP contribution is -2.47. The predicted octanol–water partition coefficient (Wildman–Crippen LogP) is 6.78. The number of nitrogens with zero attached hydrogens (tertiary/aromatic N) is 2. The van der Waals surface area contributed by atoms with Crippen molar-refractivity contribution in [2.75, 3.05) is 0 Å². The molecule has 192 valence electrons. The first kappa shape index (κ1) is 22.8. The van der Waals surface area contributed by atoms with E-state index in [0.29, 0.717) is 11.8 Å². The van der Waals surface area contributed by atoms with Gasteiger partial charge >= 0.3 is 0 Å². The van der Waals surface area contributed by atoms with Crippen LogP contribution in [0.15, 0.2) is 107 Å². The van der Waals surface area contributed by atoms with Crippen LogP contribution in [-0.4, -0.2) is 24.0 Å². The largest absolute Gasteiger partial charge is 0.473 e. The van der Waals surface area contributed by atoms with Crippen molar-refractivity contribution in [3.63, 3.8) is 0 Å². The molecule has 0 radical (unpaired) electrons. The van der Waals surface area contributed by atoms with Gasteiger partial charge in [0, 0.05) is 12.8 Å². The van der Waals surface area contributed by atoms with Gasteiger partial charge < -0.3 is 9.47 Å². The molecule has 0 unspecified atom stereocenters. The van der Waals surface area contributed by atoms with Crippen LogP contribution in [0.5, 0.6) is 0 Å².